The van der Waals surface area contributed by atoms with Gasteiger partial charge in [0.2, 0.25) is 0 Å². The molecule has 1 unspecified atom stereocenters. The maximum atomic E-state index is 13.7. The van der Waals surface area contributed by atoms with E-state index in [1.807, 2.05) is 0 Å². The molecule has 3 atom stereocenters. The molecule has 108 valence electrons. The summed E-state index contributed by atoms with van der Waals surface area (Å²) in [4.78, 5) is 0. The summed E-state index contributed by atoms with van der Waals surface area (Å²) in [6.45, 7) is 3.42. The maximum Gasteiger partial charge on any atom is 0.416 e. The second-order valence-electron chi connectivity index (χ2n) is 4.60. The van der Waals surface area contributed by atoms with Crippen LogP contribution >= 0.6 is 0 Å². The summed E-state index contributed by atoms with van der Waals surface area (Å²) in [5, 5.41) is 9.90. The highest BCUT2D eigenvalue weighted by molar-refractivity contribution is 5.34. The largest absolute Gasteiger partial charge is 0.416 e. The van der Waals surface area contributed by atoms with Crippen molar-refractivity contribution in [1.82, 2.24) is 0 Å². The van der Waals surface area contributed by atoms with Crippen LogP contribution in [0.15, 0.2) is 18.2 Å². The Kier molecular flexibility index (Phi) is 4.92. The number of alkyl halides is 3. The SMILES string of the molecule is CCC(C)[C@H](O)[C@H](N)c1c(F)cccc1C(F)(F)F. The minimum Gasteiger partial charge on any atom is -0.391 e. The third kappa shape index (κ3) is 3.45. The first-order valence-corrected chi connectivity index (χ1v) is 5.99. The highest BCUT2D eigenvalue weighted by atomic mass is 19.4. The predicted octanol–water partition coefficient (Wildman–Crippen LogP) is 3.25. The summed E-state index contributed by atoms with van der Waals surface area (Å²) in [5.74, 6) is -1.37. The van der Waals surface area contributed by atoms with Gasteiger partial charge in [-0.2, -0.15) is 13.2 Å². The van der Waals surface area contributed by atoms with E-state index in [0.29, 0.717) is 6.42 Å². The molecule has 1 aromatic rings. The lowest BCUT2D eigenvalue weighted by atomic mass is 9.89. The summed E-state index contributed by atoms with van der Waals surface area (Å²) >= 11 is 0. The molecule has 0 bridgehead atoms. The monoisotopic (exact) mass is 279 g/mol. The van der Waals surface area contributed by atoms with Crippen molar-refractivity contribution in [3.05, 3.63) is 35.1 Å². The van der Waals surface area contributed by atoms with Gasteiger partial charge in [0.1, 0.15) is 5.82 Å². The van der Waals surface area contributed by atoms with Crippen molar-refractivity contribution in [2.75, 3.05) is 0 Å². The minimum absolute atomic E-state index is 0.323. The topological polar surface area (TPSA) is 46.2 Å². The lowest BCUT2D eigenvalue weighted by molar-refractivity contribution is -0.139. The van der Waals surface area contributed by atoms with Crippen molar-refractivity contribution < 1.29 is 22.7 Å². The van der Waals surface area contributed by atoms with Gasteiger partial charge >= 0.3 is 6.18 Å². The molecule has 0 saturated carbocycles. The fourth-order valence-corrected chi connectivity index (χ4v) is 1.89. The molecular weight excluding hydrogens is 262 g/mol. The van der Waals surface area contributed by atoms with E-state index in [2.05, 4.69) is 0 Å². The van der Waals surface area contributed by atoms with E-state index < -0.39 is 35.3 Å². The fraction of sp³-hybridized carbons (Fsp3) is 0.538. The van der Waals surface area contributed by atoms with Crippen LogP contribution in [0.25, 0.3) is 0 Å². The van der Waals surface area contributed by atoms with Crippen molar-refractivity contribution in [2.45, 2.75) is 38.6 Å². The molecule has 19 heavy (non-hydrogen) atoms. The van der Waals surface area contributed by atoms with Gasteiger partial charge in [-0.05, 0) is 18.1 Å². The zero-order chi connectivity index (χ0) is 14.8. The molecule has 6 heteroatoms. The number of nitrogens with two attached hydrogens (primary N) is 1. The second kappa shape index (κ2) is 5.88. The maximum absolute atomic E-state index is 13.7. The molecule has 0 aliphatic heterocycles. The van der Waals surface area contributed by atoms with Gasteiger partial charge in [0.05, 0.1) is 17.7 Å². The Balaban J connectivity index is 3.26. The van der Waals surface area contributed by atoms with E-state index >= 15 is 0 Å². The second-order valence-corrected chi connectivity index (χ2v) is 4.60. The number of aliphatic hydroxyl groups is 1. The number of hydrogen-bond donors (Lipinski definition) is 2. The van der Waals surface area contributed by atoms with Gasteiger partial charge in [-0.1, -0.05) is 26.3 Å². The number of rotatable bonds is 4. The van der Waals surface area contributed by atoms with Crippen molar-refractivity contribution in [1.29, 1.82) is 0 Å². The summed E-state index contributed by atoms with van der Waals surface area (Å²) in [6.07, 6.45) is -5.41. The molecule has 0 heterocycles. The summed E-state index contributed by atoms with van der Waals surface area (Å²) < 4.78 is 52.2. The Morgan fingerprint density at radius 1 is 1.32 bits per heavy atom. The molecule has 2 nitrogen and oxygen atoms in total. The number of halogens is 4. The Labute approximate surface area is 109 Å². The van der Waals surface area contributed by atoms with Gasteiger partial charge in [0, 0.05) is 5.56 Å². The molecular formula is C13H17F4NO. The van der Waals surface area contributed by atoms with Crippen LogP contribution in [0.3, 0.4) is 0 Å². The van der Waals surface area contributed by atoms with Crippen LogP contribution in [0.5, 0.6) is 0 Å². The number of benzene rings is 1. The average molecular weight is 279 g/mol. The number of aliphatic hydroxyl groups excluding tert-OH is 1. The first kappa shape index (κ1) is 15.9. The van der Waals surface area contributed by atoms with E-state index in [-0.39, 0.29) is 5.92 Å². The Bertz CT molecular complexity index is 433. The van der Waals surface area contributed by atoms with Gasteiger partial charge < -0.3 is 10.8 Å². The van der Waals surface area contributed by atoms with Crippen molar-refractivity contribution in [3.8, 4) is 0 Å². The Morgan fingerprint density at radius 3 is 2.37 bits per heavy atom. The van der Waals surface area contributed by atoms with Crippen LogP contribution in [0, 0.1) is 11.7 Å². The van der Waals surface area contributed by atoms with E-state index in [9.17, 15) is 22.7 Å². The summed E-state index contributed by atoms with van der Waals surface area (Å²) in [5.41, 5.74) is 3.81. The quantitative estimate of drug-likeness (QED) is 0.831. The lowest BCUT2D eigenvalue weighted by Gasteiger charge is -2.26. The van der Waals surface area contributed by atoms with Gasteiger partial charge in [-0.3, -0.25) is 0 Å². The molecule has 0 saturated heterocycles. The van der Waals surface area contributed by atoms with Crippen LogP contribution < -0.4 is 5.73 Å². The molecule has 0 fully saturated rings. The summed E-state index contributed by atoms with van der Waals surface area (Å²) in [6, 6.07) is 1.24. The average Bonchev–Trinajstić information content (AvgIpc) is 2.34. The van der Waals surface area contributed by atoms with E-state index in [1.165, 1.54) is 0 Å². The molecule has 0 aliphatic rings. The first-order chi connectivity index (χ1) is 8.70. The van der Waals surface area contributed by atoms with Crippen LogP contribution in [0.4, 0.5) is 17.6 Å². The van der Waals surface area contributed by atoms with Crippen molar-refractivity contribution in [3.63, 3.8) is 0 Å². The molecule has 0 spiro atoms. The summed E-state index contributed by atoms with van der Waals surface area (Å²) in [7, 11) is 0. The Morgan fingerprint density at radius 2 is 1.89 bits per heavy atom. The molecule has 0 radical (unpaired) electrons. The van der Waals surface area contributed by atoms with Gasteiger partial charge in [0.25, 0.3) is 0 Å². The van der Waals surface area contributed by atoms with Gasteiger partial charge in [-0.25, -0.2) is 4.39 Å². The van der Waals surface area contributed by atoms with Crippen LogP contribution in [-0.2, 0) is 6.18 Å². The van der Waals surface area contributed by atoms with Gasteiger partial charge in [-0.15, -0.1) is 0 Å². The van der Waals surface area contributed by atoms with E-state index in [1.54, 1.807) is 13.8 Å². The smallest absolute Gasteiger partial charge is 0.391 e. The molecule has 3 N–H and O–H groups in total. The minimum atomic E-state index is -4.70. The number of hydrogen-bond acceptors (Lipinski definition) is 2. The molecule has 1 aromatic carbocycles. The van der Waals surface area contributed by atoms with E-state index in [4.69, 9.17) is 5.73 Å². The normalized spacial score (nSPS) is 17.1. The zero-order valence-corrected chi connectivity index (χ0v) is 10.7. The van der Waals surface area contributed by atoms with Crippen LogP contribution in [0.2, 0.25) is 0 Å². The standard InChI is InChI=1S/C13H17F4NO/c1-3-7(2)12(19)11(18)10-8(13(15,16)17)5-4-6-9(10)14/h4-7,11-12,19H,3,18H2,1-2H3/t7?,11-,12+/m1/s1. The first-order valence-electron chi connectivity index (χ1n) is 5.99. The predicted molar refractivity (Wildman–Crippen MR) is 63.8 cm³/mol. The third-order valence-corrected chi connectivity index (χ3v) is 3.29. The zero-order valence-electron chi connectivity index (χ0n) is 10.7. The Hall–Kier alpha value is -1.14. The third-order valence-electron chi connectivity index (χ3n) is 3.29. The van der Waals surface area contributed by atoms with Crippen LogP contribution in [0.1, 0.15) is 37.4 Å². The highest BCUT2D eigenvalue weighted by Gasteiger charge is 2.38. The molecule has 0 aliphatic carbocycles. The lowest BCUT2D eigenvalue weighted by Crippen LogP contribution is -2.34. The molecule has 1 rings (SSSR count). The molecule has 0 aromatic heterocycles. The van der Waals surface area contributed by atoms with Gasteiger partial charge in [0.15, 0.2) is 0 Å². The molecule has 0 amide bonds. The van der Waals surface area contributed by atoms with Crippen molar-refractivity contribution in [2.24, 2.45) is 11.7 Å². The van der Waals surface area contributed by atoms with Crippen molar-refractivity contribution >= 4 is 0 Å². The highest BCUT2D eigenvalue weighted by Crippen LogP contribution is 2.37. The fourth-order valence-electron chi connectivity index (χ4n) is 1.89. The van der Waals surface area contributed by atoms with E-state index in [0.717, 1.165) is 18.2 Å². The van der Waals surface area contributed by atoms with Crippen LogP contribution in [-0.4, -0.2) is 11.2 Å².